The van der Waals surface area contributed by atoms with Crippen LogP contribution in [0.2, 0.25) is 0 Å². The van der Waals surface area contributed by atoms with Gasteiger partial charge < -0.3 is 14.8 Å². The molecule has 5 nitrogen and oxygen atoms in total. The van der Waals surface area contributed by atoms with Crippen LogP contribution in [0.4, 0.5) is 0 Å². The summed E-state index contributed by atoms with van der Waals surface area (Å²) in [6.07, 6.45) is 5.84. The van der Waals surface area contributed by atoms with Gasteiger partial charge in [0, 0.05) is 31.2 Å². The molecule has 33 heavy (non-hydrogen) atoms. The smallest absolute Gasteiger partial charge is 0.230 e. The standard InChI is InChI=1S/C27H36N2O3S/c1-31-24-9-7-23(8-10-24)27(13-17-32-18-14-27)26(30)28-19-21-11-15-29(16-12-21)20-22-5-3-4-6-25(22)33-2/h3-10,21H,11-20H2,1-2H3,(H,28,30). The highest BCUT2D eigenvalue weighted by atomic mass is 32.2. The lowest BCUT2D eigenvalue weighted by atomic mass is 9.73. The normalized spacial score (nSPS) is 19.2. The number of carbonyl (C=O) groups is 1. The first-order chi connectivity index (χ1) is 16.1. The summed E-state index contributed by atoms with van der Waals surface area (Å²) in [4.78, 5) is 17.4. The molecule has 2 aliphatic heterocycles. The van der Waals surface area contributed by atoms with Crippen LogP contribution < -0.4 is 10.1 Å². The maximum absolute atomic E-state index is 13.5. The second kappa shape index (κ2) is 11.4. The molecule has 4 rings (SSSR count). The van der Waals surface area contributed by atoms with Gasteiger partial charge in [-0.3, -0.25) is 9.69 Å². The number of hydrogen-bond acceptors (Lipinski definition) is 5. The predicted molar refractivity (Wildman–Crippen MR) is 134 cm³/mol. The Kier molecular flexibility index (Phi) is 8.34. The summed E-state index contributed by atoms with van der Waals surface area (Å²) in [5, 5.41) is 3.33. The van der Waals surface area contributed by atoms with E-state index in [0.29, 0.717) is 19.1 Å². The van der Waals surface area contributed by atoms with Crippen LogP contribution in [0.3, 0.4) is 0 Å². The number of amides is 1. The van der Waals surface area contributed by atoms with E-state index in [1.165, 1.54) is 10.5 Å². The lowest BCUT2D eigenvalue weighted by Crippen LogP contribution is -2.49. The largest absolute Gasteiger partial charge is 0.497 e. The molecule has 1 N–H and O–H groups in total. The van der Waals surface area contributed by atoms with Crippen molar-refractivity contribution >= 4 is 17.7 Å². The highest BCUT2D eigenvalue weighted by Gasteiger charge is 2.41. The molecule has 0 aromatic heterocycles. The minimum absolute atomic E-state index is 0.146. The van der Waals surface area contributed by atoms with E-state index >= 15 is 0 Å². The van der Waals surface area contributed by atoms with Gasteiger partial charge in [-0.25, -0.2) is 0 Å². The first kappa shape index (κ1) is 24.1. The summed E-state index contributed by atoms with van der Waals surface area (Å²) in [6.45, 7) is 5.18. The molecule has 0 atom stereocenters. The quantitative estimate of drug-likeness (QED) is 0.579. The zero-order valence-corrected chi connectivity index (χ0v) is 20.7. The second-order valence-corrected chi connectivity index (χ2v) is 10.0. The van der Waals surface area contributed by atoms with Gasteiger partial charge in [0.2, 0.25) is 5.91 Å². The number of rotatable bonds is 8. The number of benzene rings is 2. The molecular formula is C27H36N2O3S. The molecule has 178 valence electrons. The van der Waals surface area contributed by atoms with Gasteiger partial charge in [0.05, 0.1) is 12.5 Å². The van der Waals surface area contributed by atoms with Crippen LogP contribution in [0.15, 0.2) is 53.4 Å². The molecule has 0 aliphatic carbocycles. The third kappa shape index (κ3) is 5.73. The average Bonchev–Trinajstić information content (AvgIpc) is 2.89. The fourth-order valence-corrected chi connectivity index (χ4v) is 5.72. The molecule has 0 radical (unpaired) electrons. The molecule has 2 aliphatic rings. The van der Waals surface area contributed by atoms with Crippen LogP contribution in [-0.2, 0) is 21.5 Å². The molecule has 1 amide bonds. The number of carbonyl (C=O) groups excluding carboxylic acids is 1. The van der Waals surface area contributed by atoms with Crippen LogP contribution in [0.1, 0.15) is 36.8 Å². The summed E-state index contributed by atoms with van der Waals surface area (Å²) >= 11 is 1.82. The number of nitrogens with zero attached hydrogens (tertiary/aromatic N) is 1. The number of piperidine rings is 1. The van der Waals surface area contributed by atoms with Gasteiger partial charge in [-0.05, 0) is 80.3 Å². The minimum atomic E-state index is -0.507. The fourth-order valence-electron chi connectivity index (χ4n) is 5.11. The van der Waals surface area contributed by atoms with Gasteiger partial charge >= 0.3 is 0 Å². The fraction of sp³-hybridized carbons (Fsp3) is 0.519. The molecule has 2 fully saturated rings. The lowest BCUT2D eigenvalue weighted by Gasteiger charge is -2.37. The molecule has 6 heteroatoms. The van der Waals surface area contributed by atoms with Crippen LogP contribution >= 0.6 is 11.8 Å². The predicted octanol–water partition coefficient (Wildman–Crippen LogP) is 4.49. The van der Waals surface area contributed by atoms with Crippen molar-refractivity contribution in [3.8, 4) is 5.75 Å². The van der Waals surface area contributed by atoms with Crippen LogP contribution in [0, 0.1) is 5.92 Å². The summed E-state index contributed by atoms with van der Waals surface area (Å²) in [7, 11) is 1.67. The number of methoxy groups -OCH3 is 1. The maximum atomic E-state index is 13.5. The van der Waals surface area contributed by atoms with Crippen molar-refractivity contribution in [2.24, 2.45) is 5.92 Å². The lowest BCUT2D eigenvalue weighted by molar-refractivity contribution is -0.130. The van der Waals surface area contributed by atoms with Crippen molar-refractivity contribution in [1.82, 2.24) is 10.2 Å². The van der Waals surface area contributed by atoms with E-state index < -0.39 is 5.41 Å². The Balaban J connectivity index is 1.32. The Bertz CT molecular complexity index is 904. The second-order valence-electron chi connectivity index (χ2n) is 9.16. The monoisotopic (exact) mass is 468 g/mol. The van der Waals surface area contributed by atoms with Gasteiger partial charge in [0.25, 0.3) is 0 Å². The summed E-state index contributed by atoms with van der Waals surface area (Å²) in [5.74, 6) is 1.49. The van der Waals surface area contributed by atoms with Gasteiger partial charge in [-0.2, -0.15) is 0 Å². The highest BCUT2D eigenvalue weighted by molar-refractivity contribution is 7.98. The van der Waals surface area contributed by atoms with E-state index in [1.807, 2.05) is 36.0 Å². The van der Waals surface area contributed by atoms with Crippen LogP contribution in [0.25, 0.3) is 0 Å². The van der Waals surface area contributed by atoms with Gasteiger partial charge in [-0.1, -0.05) is 30.3 Å². The Hall–Kier alpha value is -2.02. The van der Waals surface area contributed by atoms with Crippen molar-refractivity contribution in [1.29, 1.82) is 0 Å². The molecule has 0 unspecified atom stereocenters. The van der Waals surface area contributed by atoms with Crippen molar-refractivity contribution in [3.63, 3.8) is 0 Å². The Labute approximate surface area is 202 Å². The summed E-state index contributed by atoms with van der Waals surface area (Å²) in [6, 6.07) is 16.7. The topological polar surface area (TPSA) is 50.8 Å². The van der Waals surface area contributed by atoms with E-state index in [4.69, 9.17) is 9.47 Å². The number of likely N-dealkylation sites (tertiary alicyclic amines) is 1. The molecule has 0 bridgehead atoms. The van der Waals surface area contributed by atoms with Crippen LogP contribution in [0.5, 0.6) is 5.75 Å². The van der Waals surface area contributed by atoms with Gasteiger partial charge in [0.1, 0.15) is 5.75 Å². The number of hydrogen-bond donors (Lipinski definition) is 1. The first-order valence-corrected chi connectivity index (χ1v) is 13.2. The van der Waals surface area contributed by atoms with Crippen molar-refractivity contribution in [2.45, 2.75) is 42.5 Å². The minimum Gasteiger partial charge on any atom is -0.497 e. The number of thioether (sulfide) groups is 1. The number of nitrogens with one attached hydrogen (secondary N) is 1. The zero-order chi connectivity index (χ0) is 23.1. The van der Waals surface area contributed by atoms with Crippen molar-refractivity contribution in [3.05, 3.63) is 59.7 Å². The Morgan fingerprint density at radius 1 is 1.12 bits per heavy atom. The van der Waals surface area contributed by atoms with Gasteiger partial charge in [-0.15, -0.1) is 11.8 Å². The Morgan fingerprint density at radius 3 is 2.48 bits per heavy atom. The SMILES string of the molecule is COc1ccc(C2(C(=O)NCC3CCN(Cc4ccccc4SC)CC3)CCOCC2)cc1. The molecule has 0 saturated carbocycles. The highest BCUT2D eigenvalue weighted by Crippen LogP contribution is 2.36. The van der Waals surface area contributed by atoms with E-state index in [9.17, 15) is 4.79 Å². The average molecular weight is 469 g/mol. The van der Waals surface area contributed by atoms with E-state index in [2.05, 4.69) is 40.7 Å². The van der Waals surface area contributed by atoms with Crippen molar-refractivity contribution < 1.29 is 14.3 Å². The van der Waals surface area contributed by atoms with Gasteiger partial charge in [0.15, 0.2) is 0 Å². The maximum Gasteiger partial charge on any atom is 0.230 e. The third-order valence-corrected chi connectivity index (χ3v) is 8.11. The molecule has 2 aromatic rings. The third-order valence-electron chi connectivity index (χ3n) is 7.27. The molecular weight excluding hydrogens is 432 g/mol. The van der Waals surface area contributed by atoms with Crippen molar-refractivity contribution in [2.75, 3.05) is 46.2 Å². The molecule has 2 heterocycles. The van der Waals surface area contributed by atoms with E-state index in [-0.39, 0.29) is 5.91 Å². The first-order valence-electron chi connectivity index (χ1n) is 12.0. The Morgan fingerprint density at radius 2 is 1.82 bits per heavy atom. The summed E-state index contributed by atoms with van der Waals surface area (Å²) in [5.41, 5.74) is 1.97. The molecule has 0 spiro atoms. The van der Waals surface area contributed by atoms with Crippen LogP contribution in [-0.4, -0.2) is 57.0 Å². The zero-order valence-electron chi connectivity index (χ0n) is 19.8. The number of ether oxygens (including phenoxy) is 2. The molecule has 2 aromatic carbocycles. The molecule has 2 saturated heterocycles. The van der Waals surface area contributed by atoms with E-state index in [0.717, 1.165) is 63.2 Å². The summed E-state index contributed by atoms with van der Waals surface area (Å²) < 4.78 is 10.9. The van der Waals surface area contributed by atoms with E-state index in [1.54, 1.807) is 7.11 Å².